The second-order valence-corrected chi connectivity index (χ2v) is 5.22. The predicted octanol–water partition coefficient (Wildman–Crippen LogP) is 2.82. The molecule has 1 aliphatic heterocycles. The van der Waals surface area contributed by atoms with E-state index < -0.39 is 5.97 Å². The van der Waals surface area contributed by atoms with E-state index in [1.807, 2.05) is 30.3 Å². The highest BCUT2D eigenvalue weighted by Crippen LogP contribution is 2.26. The zero-order valence-corrected chi connectivity index (χ0v) is 12.2. The van der Waals surface area contributed by atoms with Gasteiger partial charge < -0.3 is 9.64 Å². The van der Waals surface area contributed by atoms with Crippen LogP contribution in [0, 0.1) is 0 Å². The summed E-state index contributed by atoms with van der Waals surface area (Å²) in [6.45, 7) is 0.431. The number of nitrogens with zero attached hydrogens (tertiary/aromatic N) is 1. The van der Waals surface area contributed by atoms with E-state index in [2.05, 4.69) is 0 Å². The number of rotatable bonds is 3. The summed E-state index contributed by atoms with van der Waals surface area (Å²) in [7, 11) is 0. The second-order valence-electron chi connectivity index (χ2n) is 5.22. The molecule has 2 aromatic carbocycles. The van der Waals surface area contributed by atoms with Crippen molar-refractivity contribution in [2.75, 3.05) is 18.1 Å². The van der Waals surface area contributed by atoms with E-state index in [0.717, 1.165) is 24.1 Å². The molecule has 1 amide bonds. The van der Waals surface area contributed by atoms with Gasteiger partial charge in [0.05, 0.1) is 5.56 Å². The maximum absolute atomic E-state index is 12.3. The van der Waals surface area contributed by atoms with Gasteiger partial charge in [-0.25, -0.2) is 4.79 Å². The molecule has 0 radical (unpaired) electrons. The minimum absolute atomic E-state index is 0.184. The normalized spacial score (nSPS) is 13.4. The lowest BCUT2D eigenvalue weighted by Gasteiger charge is -2.29. The Morgan fingerprint density at radius 3 is 2.55 bits per heavy atom. The maximum atomic E-state index is 12.3. The van der Waals surface area contributed by atoms with Crippen LogP contribution in [0.25, 0.3) is 0 Å². The fourth-order valence-electron chi connectivity index (χ4n) is 2.66. The van der Waals surface area contributed by atoms with Gasteiger partial charge in [-0.1, -0.05) is 36.4 Å². The Labute approximate surface area is 129 Å². The zero-order valence-electron chi connectivity index (χ0n) is 12.2. The quantitative estimate of drug-likeness (QED) is 0.818. The van der Waals surface area contributed by atoms with Gasteiger partial charge >= 0.3 is 5.97 Å². The largest absolute Gasteiger partial charge is 0.452 e. The van der Waals surface area contributed by atoms with E-state index in [-0.39, 0.29) is 12.5 Å². The number of anilines is 1. The summed E-state index contributed by atoms with van der Waals surface area (Å²) in [4.78, 5) is 25.9. The van der Waals surface area contributed by atoms with E-state index in [1.165, 1.54) is 0 Å². The Balaban J connectivity index is 1.65. The third-order valence-corrected chi connectivity index (χ3v) is 3.75. The number of hydrogen-bond donors (Lipinski definition) is 0. The van der Waals surface area contributed by atoms with Crippen LogP contribution in [0.2, 0.25) is 0 Å². The van der Waals surface area contributed by atoms with Crippen LogP contribution in [0.15, 0.2) is 54.6 Å². The number of esters is 1. The van der Waals surface area contributed by atoms with Crippen LogP contribution >= 0.6 is 0 Å². The number of hydrogen-bond acceptors (Lipinski definition) is 3. The van der Waals surface area contributed by atoms with Gasteiger partial charge in [0, 0.05) is 12.2 Å². The van der Waals surface area contributed by atoms with Gasteiger partial charge in [-0.05, 0) is 36.6 Å². The topological polar surface area (TPSA) is 46.6 Å². The molecule has 0 N–H and O–H groups in total. The van der Waals surface area contributed by atoms with Crippen molar-refractivity contribution in [1.82, 2.24) is 0 Å². The SMILES string of the molecule is O=C(OCC(=O)N1CCCc2ccccc21)c1ccccc1. The third-order valence-electron chi connectivity index (χ3n) is 3.75. The smallest absolute Gasteiger partial charge is 0.338 e. The van der Waals surface area contributed by atoms with E-state index in [0.29, 0.717) is 12.1 Å². The molecule has 22 heavy (non-hydrogen) atoms. The van der Waals surface area contributed by atoms with Gasteiger partial charge in [0.15, 0.2) is 6.61 Å². The van der Waals surface area contributed by atoms with Crippen molar-refractivity contribution in [3.8, 4) is 0 Å². The molecule has 0 aromatic heterocycles. The van der Waals surface area contributed by atoms with E-state index in [4.69, 9.17) is 4.74 Å². The highest BCUT2D eigenvalue weighted by molar-refractivity contribution is 5.97. The van der Waals surface area contributed by atoms with Crippen molar-refractivity contribution in [2.24, 2.45) is 0 Å². The average molecular weight is 295 g/mol. The molecule has 112 valence electrons. The van der Waals surface area contributed by atoms with Gasteiger partial charge in [0.25, 0.3) is 5.91 Å². The second kappa shape index (κ2) is 6.43. The summed E-state index contributed by atoms with van der Waals surface area (Å²) in [5.74, 6) is -0.657. The van der Waals surface area contributed by atoms with Gasteiger partial charge in [0.2, 0.25) is 0 Å². The van der Waals surface area contributed by atoms with Crippen LogP contribution < -0.4 is 4.90 Å². The van der Waals surface area contributed by atoms with E-state index >= 15 is 0 Å². The van der Waals surface area contributed by atoms with Crippen LogP contribution in [0.4, 0.5) is 5.69 Å². The van der Waals surface area contributed by atoms with E-state index in [9.17, 15) is 9.59 Å². The van der Waals surface area contributed by atoms with Gasteiger partial charge in [-0.15, -0.1) is 0 Å². The fourth-order valence-corrected chi connectivity index (χ4v) is 2.66. The summed E-state index contributed by atoms with van der Waals surface area (Å²) >= 11 is 0. The van der Waals surface area contributed by atoms with Crippen molar-refractivity contribution < 1.29 is 14.3 Å². The van der Waals surface area contributed by atoms with Crippen molar-refractivity contribution >= 4 is 17.6 Å². The first-order valence-electron chi connectivity index (χ1n) is 7.36. The molecule has 0 aliphatic carbocycles. The first-order valence-corrected chi connectivity index (χ1v) is 7.36. The molecule has 0 unspecified atom stereocenters. The summed E-state index contributed by atoms with van der Waals surface area (Å²) in [5, 5.41) is 0. The number of aryl methyl sites for hydroxylation is 1. The molecule has 4 heteroatoms. The van der Waals surface area contributed by atoms with Gasteiger partial charge in [0.1, 0.15) is 0 Å². The number of amides is 1. The summed E-state index contributed by atoms with van der Waals surface area (Å²) < 4.78 is 5.13. The van der Waals surface area contributed by atoms with Crippen LogP contribution in [0.5, 0.6) is 0 Å². The molecule has 0 bridgehead atoms. The Hall–Kier alpha value is -2.62. The van der Waals surface area contributed by atoms with Gasteiger partial charge in [-0.3, -0.25) is 4.79 Å². The van der Waals surface area contributed by atoms with Crippen molar-refractivity contribution in [1.29, 1.82) is 0 Å². The molecule has 1 aliphatic rings. The molecule has 3 rings (SSSR count). The van der Waals surface area contributed by atoms with E-state index in [1.54, 1.807) is 29.2 Å². The molecule has 0 atom stereocenters. The minimum atomic E-state index is -0.473. The molecule has 0 saturated heterocycles. The molecule has 0 spiro atoms. The number of fused-ring (bicyclic) bond motifs is 1. The molecule has 4 nitrogen and oxygen atoms in total. The lowest BCUT2D eigenvalue weighted by molar-refractivity contribution is -0.121. The summed E-state index contributed by atoms with van der Waals surface area (Å²) in [6.07, 6.45) is 1.90. The molecule has 0 saturated carbocycles. The maximum Gasteiger partial charge on any atom is 0.338 e. The highest BCUT2D eigenvalue weighted by atomic mass is 16.5. The van der Waals surface area contributed by atoms with Crippen LogP contribution in [-0.4, -0.2) is 25.0 Å². The number of benzene rings is 2. The molecular weight excluding hydrogens is 278 g/mol. The monoisotopic (exact) mass is 295 g/mol. The minimum Gasteiger partial charge on any atom is -0.452 e. The number of carbonyl (C=O) groups is 2. The summed E-state index contributed by atoms with van der Waals surface area (Å²) in [5.41, 5.74) is 2.54. The predicted molar refractivity (Wildman–Crippen MR) is 83.8 cm³/mol. The van der Waals surface area contributed by atoms with Crippen LogP contribution in [-0.2, 0) is 16.0 Å². The number of carbonyl (C=O) groups excluding carboxylic acids is 2. The van der Waals surface area contributed by atoms with Crippen molar-refractivity contribution in [3.05, 3.63) is 65.7 Å². The standard InChI is InChI=1S/C18H17NO3/c20-17(13-22-18(21)15-8-2-1-3-9-15)19-12-6-10-14-7-4-5-11-16(14)19/h1-5,7-9,11H,6,10,12-13H2. The third kappa shape index (κ3) is 3.01. The average Bonchev–Trinajstić information content (AvgIpc) is 2.59. The Morgan fingerprint density at radius 2 is 1.73 bits per heavy atom. The van der Waals surface area contributed by atoms with Crippen molar-refractivity contribution in [2.45, 2.75) is 12.8 Å². The first-order chi connectivity index (χ1) is 10.8. The number of para-hydroxylation sites is 1. The Bertz CT molecular complexity index is 682. The van der Waals surface area contributed by atoms with Crippen LogP contribution in [0.1, 0.15) is 22.3 Å². The molecule has 1 heterocycles. The Kier molecular flexibility index (Phi) is 4.19. The molecule has 2 aromatic rings. The lowest BCUT2D eigenvalue weighted by Crippen LogP contribution is -2.38. The van der Waals surface area contributed by atoms with Crippen LogP contribution in [0.3, 0.4) is 0 Å². The highest BCUT2D eigenvalue weighted by Gasteiger charge is 2.23. The Morgan fingerprint density at radius 1 is 1.00 bits per heavy atom. The molecule has 0 fully saturated rings. The van der Waals surface area contributed by atoms with Crippen molar-refractivity contribution in [3.63, 3.8) is 0 Å². The number of ether oxygens (including phenoxy) is 1. The lowest BCUT2D eigenvalue weighted by atomic mass is 10.0. The van der Waals surface area contributed by atoms with Gasteiger partial charge in [-0.2, -0.15) is 0 Å². The fraction of sp³-hybridized carbons (Fsp3) is 0.222. The first kappa shape index (κ1) is 14.3. The molecular formula is C18H17NO3. The zero-order chi connectivity index (χ0) is 15.4. The summed E-state index contributed by atoms with van der Waals surface area (Å²) in [6, 6.07) is 16.6.